The van der Waals surface area contributed by atoms with Crippen molar-refractivity contribution in [2.24, 2.45) is 0 Å². The number of aryl methyl sites for hydroxylation is 2. The summed E-state index contributed by atoms with van der Waals surface area (Å²) in [5.41, 5.74) is 2.77. The van der Waals surface area contributed by atoms with Crippen LogP contribution in [-0.4, -0.2) is 60.2 Å². The molecule has 7 heteroatoms. The minimum Gasteiger partial charge on any atom is -0.379 e. The van der Waals surface area contributed by atoms with Crippen LogP contribution in [0, 0.1) is 13.8 Å². The molecular formula is C20H27N5O2. The highest BCUT2D eigenvalue weighted by Gasteiger charge is 2.13. The van der Waals surface area contributed by atoms with Gasteiger partial charge in [-0.25, -0.2) is 9.97 Å². The van der Waals surface area contributed by atoms with Crippen LogP contribution >= 0.6 is 0 Å². The summed E-state index contributed by atoms with van der Waals surface area (Å²) in [6.45, 7) is 9.26. The zero-order chi connectivity index (χ0) is 19.1. The van der Waals surface area contributed by atoms with Gasteiger partial charge in [0.25, 0.3) is 5.91 Å². The van der Waals surface area contributed by atoms with Crippen molar-refractivity contribution >= 4 is 11.7 Å². The number of ether oxygens (including phenoxy) is 1. The number of benzene rings is 1. The summed E-state index contributed by atoms with van der Waals surface area (Å²) in [6.07, 6.45) is 0. The summed E-state index contributed by atoms with van der Waals surface area (Å²) in [5, 5.41) is 6.21. The van der Waals surface area contributed by atoms with E-state index >= 15 is 0 Å². The number of rotatable bonds is 7. The molecule has 0 unspecified atom stereocenters. The van der Waals surface area contributed by atoms with E-state index < -0.39 is 0 Å². The van der Waals surface area contributed by atoms with Gasteiger partial charge in [0.2, 0.25) is 0 Å². The Morgan fingerprint density at radius 1 is 1.15 bits per heavy atom. The van der Waals surface area contributed by atoms with Gasteiger partial charge in [-0.2, -0.15) is 0 Å². The van der Waals surface area contributed by atoms with Gasteiger partial charge in [0.1, 0.15) is 17.3 Å². The number of nitrogens with one attached hydrogen (secondary N) is 2. The van der Waals surface area contributed by atoms with Crippen LogP contribution < -0.4 is 10.6 Å². The smallest absolute Gasteiger partial charge is 0.270 e. The van der Waals surface area contributed by atoms with E-state index in [1.165, 1.54) is 5.56 Å². The van der Waals surface area contributed by atoms with E-state index in [2.05, 4.69) is 56.7 Å². The Balaban J connectivity index is 1.53. The first-order valence-electron chi connectivity index (χ1n) is 9.33. The van der Waals surface area contributed by atoms with Gasteiger partial charge in [0, 0.05) is 38.8 Å². The Labute approximate surface area is 160 Å². The van der Waals surface area contributed by atoms with Crippen LogP contribution in [0.4, 0.5) is 5.82 Å². The Bertz CT molecular complexity index is 757. The number of anilines is 1. The number of aromatic nitrogens is 2. The van der Waals surface area contributed by atoms with E-state index in [-0.39, 0.29) is 5.91 Å². The quantitative estimate of drug-likeness (QED) is 0.774. The molecule has 0 saturated carbocycles. The van der Waals surface area contributed by atoms with E-state index in [1.807, 2.05) is 0 Å². The first-order chi connectivity index (χ1) is 13.1. The highest BCUT2D eigenvalue weighted by Crippen LogP contribution is 2.10. The number of carbonyl (C=O) groups excluding carboxylic acids is 1. The molecule has 0 bridgehead atoms. The van der Waals surface area contributed by atoms with Crippen molar-refractivity contribution in [2.45, 2.75) is 20.4 Å². The predicted molar refractivity (Wildman–Crippen MR) is 105 cm³/mol. The Morgan fingerprint density at radius 2 is 1.89 bits per heavy atom. The zero-order valence-corrected chi connectivity index (χ0v) is 16.0. The summed E-state index contributed by atoms with van der Waals surface area (Å²) >= 11 is 0. The zero-order valence-electron chi connectivity index (χ0n) is 16.0. The molecule has 2 aromatic rings. The predicted octanol–water partition coefficient (Wildman–Crippen LogP) is 1.77. The van der Waals surface area contributed by atoms with Crippen molar-refractivity contribution < 1.29 is 9.53 Å². The number of carbonyl (C=O) groups is 1. The SMILES string of the molecule is Cc1ccc(CNc2cc(C(=O)NCCN3CCOCC3)nc(C)n2)cc1. The first kappa shape index (κ1) is 19.3. The number of morpholine rings is 1. The van der Waals surface area contributed by atoms with Gasteiger partial charge in [-0.15, -0.1) is 0 Å². The maximum Gasteiger partial charge on any atom is 0.270 e. The fourth-order valence-corrected chi connectivity index (χ4v) is 2.92. The van der Waals surface area contributed by atoms with Gasteiger partial charge in [-0.05, 0) is 19.4 Å². The molecule has 1 aliphatic rings. The van der Waals surface area contributed by atoms with Crippen LogP contribution in [0.2, 0.25) is 0 Å². The van der Waals surface area contributed by atoms with E-state index in [0.29, 0.717) is 30.4 Å². The van der Waals surface area contributed by atoms with Crippen molar-refractivity contribution in [1.29, 1.82) is 0 Å². The number of hydrogen-bond acceptors (Lipinski definition) is 6. The summed E-state index contributed by atoms with van der Waals surface area (Å²) < 4.78 is 5.33. The average molecular weight is 369 g/mol. The van der Waals surface area contributed by atoms with Crippen molar-refractivity contribution in [3.8, 4) is 0 Å². The molecule has 2 N–H and O–H groups in total. The van der Waals surface area contributed by atoms with Gasteiger partial charge >= 0.3 is 0 Å². The maximum atomic E-state index is 12.4. The van der Waals surface area contributed by atoms with Gasteiger partial charge < -0.3 is 15.4 Å². The monoisotopic (exact) mass is 369 g/mol. The molecule has 1 saturated heterocycles. The van der Waals surface area contributed by atoms with Crippen LogP contribution in [0.15, 0.2) is 30.3 Å². The molecule has 0 radical (unpaired) electrons. The summed E-state index contributed by atoms with van der Waals surface area (Å²) in [7, 11) is 0. The molecule has 1 amide bonds. The van der Waals surface area contributed by atoms with Gasteiger partial charge in [-0.3, -0.25) is 9.69 Å². The molecule has 1 fully saturated rings. The number of hydrogen-bond donors (Lipinski definition) is 2. The van der Waals surface area contributed by atoms with E-state index in [9.17, 15) is 4.79 Å². The van der Waals surface area contributed by atoms with E-state index in [1.54, 1.807) is 13.0 Å². The lowest BCUT2D eigenvalue weighted by atomic mass is 10.1. The molecule has 7 nitrogen and oxygen atoms in total. The Kier molecular flexibility index (Phi) is 6.73. The normalized spacial score (nSPS) is 14.7. The first-order valence-corrected chi connectivity index (χ1v) is 9.33. The fraction of sp³-hybridized carbons (Fsp3) is 0.450. The largest absolute Gasteiger partial charge is 0.379 e. The van der Waals surface area contributed by atoms with E-state index in [4.69, 9.17) is 4.74 Å². The third-order valence-electron chi connectivity index (χ3n) is 4.48. The molecule has 3 rings (SSSR count). The summed E-state index contributed by atoms with van der Waals surface area (Å²) in [5.74, 6) is 1.05. The topological polar surface area (TPSA) is 79.4 Å². The molecule has 144 valence electrons. The molecular weight excluding hydrogens is 342 g/mol. The standard InChI is InChI=1S/C20H27N5O2/c1-15-3-5-17(6-4-15)14-22-19-13-18(23-16(2)24-19)20(26)21-7-8-25-9-11-27-12-10-25/h3-6,13H,7-12,14H2,1-2H3,(H,21,26)(H,22,23,24). The average Bonchev–Trinajstić information content (AvgIpc) is 2.68. The number of amides is 1. The van der Waals surface area contributed by atoms with Crippen LogP contribution in [0.3, 0.4) is 0 Å². The van der Waals surface area contributed by atoms with Crippen molar-refractivity contribution in [3.05, 3.63) is 53.0 Å². The molecule has 1 aromatic carbocycles. The molecule has 2 heterocycles. The fourth-order valence-electron chi connectivity index (χ4n) is 2.92. The van der Waals surface area contributed by atoms with Gasteiger partial charge in [0.05, 0.1) is 13.2 Å². The van der Waals surface area contributed by atoms with Crippen molar-refractivity contribution in [2.75, 3.05) is 44.7 Å². The van der Waals surface area contributed by atoms with E-state index in [0.717, 1.165) is 38.4 Å². The lowest BCUT2D eigenvalue weighted by Crippen LogP contribution is -2.41. The van der Waals surface area contributed by atoms with Crippen LogP contribution in [0.25, 0.3) is 0 Å². The summed E-state index contributed by atoms with van der Waals surface area (Å²) in [4.78, 5) is 23.4. The van der Waals surface area contributed by atoms with Crippen molar-refractivity contribution in [1.82, 2.24) is 20.2 Å². The molecule has 0 atom stereocenters. The lowest BCUT2D eigenvalue weighted by Gasteiger charge is -2.26. The minimum atomic E-state index is -0.174. The third-order valence-corrected chi connectivity index (χ3v) is 4.48. The molecule has 27 heavy (non-hydrogen) atoms. The molecule has 0 spiro atoms. The lowest BCUT2D eigenvalue weighted by molar-refractivity contribution is 0.0383. The van der Waals surface area contributed by atoms with Crippen LogP contribution in [0.5, 0.6) is 0 Å². The Morgan fingerprint density at radius 3 is 2.63 bits per heavy atom. The van der Waals surface area contributed by atoms with Gasteiger partial charge in [-0.1, -0.05) is 29.8 Å². The van der Waals surface area contributed by atoms with Crippen LogP contribution in [-0.2, 0) is 11.3 Å². The highest BCUT2D eigenvalue weighted by molar-refractivity contribution is 5.92. The summed E-state index contributed by atoms with van der Waals surface area (Å²) in [6, 6.07) is 10.0. The molecule has 1 aliphatic heterocycles. The van der Waals surface area contributed by atoms with Crippen LogP contribution in [0.1, 0.15) is 27.4 Å². The van der Waals surface area contributed by atoms with Crippen molar-refractivity contribution in [3.63, 3.8) is 0 Å². The highest BCUT2D eigenvalue weighted by atomic mass is 16.5. The third kappa shape index (κ3) is 6.01. The minimum absolute atomic E-state index is 0.174. The molecule has 0 aliphatic carbocycles. The van der Waals surface area contributed by atoms with Gasteiger partial charge in [0.15, 0.2) is 0 Å². The second kappa shape index (κ2) is 9.43. The number of nitrogens with zero attached hydrogens (tertiary/aromatic N) is 3. The Hall–Kier alpha value is -2.51. The molecule has 1 aromatic heterocycles. The second-order valence-corrected chi connectivity index (χ2v) is 6.73. The second-order valence-electron chi connectivity index (χ2n) is 6.73. The maximum absolute atomic E-state index is 12.4.